The molecule has 2 aliphatic rings. The van der Waals surface area contributed by atoms with Gasteiger partial charge >= 0.3 is 0 Å². The highest BCUT2D eigenvalue weighted by atomic mass is 32.2. The smallest absolute Gasteiger partial charge is 0.243 e. The lowest BCUT2D eigenvalue weighted by Crippen LogP contribution is -2.40. The fraction of sp³-hybridized carbons (Fsp3) is 0.476. The van der Waals surface area contributed by atoms with Crippen molar-refractivity contribution in [2.75, 3.05) is 25.0 Å². The zero-order valence-electron chi connectivity index (χ0n) is 17.4. The minimum Gasteiger partial charge on any atom is -0.300 e. The Morgan fingerprint density at radius 3 is 2.67 bits per heavy atom. The van der Waals surface area contributed by atoms with Crippen LogP contribution in [0.3, 0.4) is 0 Å². The standard InChI is InChI=1S/C21H25FN4O3S/c1-13-11-16(6-8-18(13)22)30(28,29)26-10-4-5-15(12-26)20-23-14(2)17-7-9-19(27)25(3)21(17)24-20/h6,8,11,15H,4-5,7,9-10,12H2,1-3H3/t15-/m1/s1. The highest BCUT2D eigenvalue weighted by Crippen LogP contribution is 2.33. The number of halogens is 1. The van der Waals surface area contributed by atoms with Crippen LogP contribution < -0.4 is 4.90 Å². The van der Waals surface area contributed by atoms with E-state index in [1.807, 2.05) is 6.92 Å². The predicted octanol–water partition coefficient (Wildman–Crippen LogP) is 2.71. The maximum absolute atomic E-state index is 13.6. The Hall–Kier alpha value is -2.39. The minimum atomic E-state index is -3.74. The molecule has 0 unspecified atom stereocenters. The van der Waals surface area contributed by atoms with Gasteiger partial charge in [-0.1, -0.05) is 0 Å². The van der Waals surface area contributed by atoms with Crippen LogP contribution in [0.4, 0.5) is 10.2 Å². The molecule has 4 rings (SSSR count). The van der Waals surface area contributed by atoms with Crippen molar-refractivity contribution in [3.63, 3.8) is 0 Å². The number of benzene rings is 1. The van der Waals surface area contributed by atoms with Crippen LogP contribution >= 0.6 is 0 Å². The molecule has 0 saturated carbocycles. The number of rotatable bonds is 3. The zero-order chi connectivity index (χ0) is 21.6. The van der Waals surface area contributed by atoms with Crippen LogP contribution in [-0.2, 0) is 21.2 Å². The van der Waals surface area contributed by atoms with Crippen LogP contribution in [0, 0.1) is 19.7 Å². The van der Waals surface area contributed by atoms with Crippen molar-refractivity contribution >= 4 is 21.7 Å². The summed E-state index contributed by atoms with van der Waals surface area (Å²) in [6, 6.07) is 3.86. The Morgan fingerprint density at radius 2 is 1.93 bits per heavy atom. The van der Waals surface area contributed by atoms with Crippen molar-refractivity contribution in [1.82, 2.24) is 14.3 Å². The lowest BCUT2D eigenvalue weighted by Gasteiger charge is -2.32. The number of carbonyl (C=O) groups is 1. The molecular formula is C21H25FN4O3S. The molecular weight excluding hydrogens is 407 g/mol. The van der Waals surface area contributed by atoms with E-state index in [1.165, 1.54) is 22.5 Å². The summed E-state index contributed by atoms with van der Waals surface area (Å²) < 4.78 is 41.3. The Balaban J connectivity index is 1.64. The molecule has 1 aromatic carbocycles. The molecule has 1 atom stereocenters. The van der Waals surface area contributed by atoms with Gasteiger partial charge in [-0.15, -0.1) is 0 Å². The molecule has 1 amide bonds. The number of nitrogens with zero attached hydrogens (tertiary/aromatic N) is 4. The quantitative estimate of drug-likeness (QED) is 0.745. The van der Waals surface area contributed by atoms with Gasteiger partial charge in [-0.25, -0.2) is 22.8 Å². The third kappa shape index (κ3) is 3.60. The van der Waals surface area contributed by atoms with E-state index in [4.69, 9.17) is 0 Å². The first-order valence-electron chi connectivity index (χ1n) is 10.1. The van der Waals surface area contributed by atoms with E-state index in [0.29, 0.717) is 43.0 Å². The van der Waals surface area contributed by atoms with Crippen LogP contribution in [0.25, 0.3) is 0 Å². The van der Waals surface area contributed by atoms with Crippen molar-refractivity contribution < 1.29 is 17.6 Å². The zero-order valence-corrected chi connectivity index (χ0v) is 18.2. The van der Waals surface area contributed by atoms with Gasteiger partial charge in [-0.05, 0) is 56.9 Å². The van der Waals surface area contributed by atoms with Crippen molar-refractivity contribution in [2.45, 2.75) is 50.3 Å². The molecule has 0 bridgehead atoms. The van der Waals surface area contributed by atoms with E-state index < -0.39 is 15.8 Å². The van der Waals surface area contributed by atoms with Crippen LogP contribution in [0.5, 0.6) is 0 Å². The summed E-state index contributed by atoms with van der Waals surface area (Å²) in [7, 11) is -2.03. The first-order valence-corrected chi connectivity index (χ1v) is 11.5. The van der Waals surface area contributed by atoms with Gasteiger partial charge < -0.3 is 0 Å². The van der Waals surface area contributed by atoms with Gasteiger partial charge in [0.05, 0.1) is 4.90 Å². The normalized spacial score (nSPS) is 20.3. The molecule has 2 aliphatic heterocycles. The van der Waals surface area contributed by atoms with Crippen molar-refractivity contribution in [3.05, 3.63) is 46.7 Å². The summed E-state index contributed by atoms with van der Waals surface area (Å²) in [5.41, 5.74) is 2.11. The van der Waals surface area contributed by atoms with Crippen LogP contribution in [-0.4, -0.2) is 48.7 Å². The lowest BCUT2D eigenvalue weighted by atomic mass is 9.97. The molecule has 1 aromatic heterocycles. The molecule has 0 spiro atoms. The monoisotopic (exact) mass is 432 g/mol. The fourth-order valence-corrected chi connectivity index (χ4v) is 5.78. The Bertz CT molecular complexity index is 1120. The summed E-state index contributed by atoms with van der Waals surface area (Å²) in [4.78, 5) is 23.1. The van der Waals surface area contributed by atoms with Gasteiger partial charge in [-0.2, -0.15) is 4.31 Å². The van der Waals surface area contributed by atoms with E-state index >= 15 is 0 Å². The van der Waals surface area contributed by atoms with Crippen molar-refractivity contribution in [3.8, 4) is 0 Å². The molecule has 1 fully saturated rings. The number of anilines is 1. The average Bonchev–Trinajstić information content (AvgIpc) is 2.73. The van der Waals surface area contributed by atoms with Crippen molar-refractivity contribution in [2.24, 2.45) is 0 Å². The van der Waals surface area contributed by atoms with Crippen LogP contribution in [0.1, 0.15) is 47.8 Å². The maximum atomic E-state index is 13.6. The number of aryl methyl sites for hydroxylation is 2. The lowest BCUT2D eigenvalue weighted by molar-refractivity contribution is -0.118. The minimum absolute atomic E-state index is 0.0195. The number of hydrogen-bond donors (Lipinski definition) is 0. The molecule has 3 heterocycles. The average molecular weight is 433 g/mol. The number of carbonyl (C=O) groups excluding carboxylic acids is 1. The topological polar surface area (TPSA) is 83.5 Å². The first-order chi connectivity index (χ1) is 14.2. The van der Waals surface area contributed by atoms with Crippen molar-refractivity contribution in [1.29, 1.82) is 0 Å². The number of fused-ring (bicyclic) bond motifs is 1. The number of piperidine rings is 1. The third-order valence-electron chi connectivity index (χ3n) is 6.01. The van der Waals surface area contributed by atoms with E-state index in [-0.39, 0.29) is 23.3 Å². The van der Waals surface area contributed by atoms with E-state index in [0.717, 1.165) is 17.7 Å². The summed E-state index contributed by atoms with van der Waals surface area (Å²) in [5, 5.41) is 0. The third-order valence-corrected chi connectivity index (χ3v) is 7.87. The number of aromatic nitrogens is 2. The molecule has 9 heteroatoms. The summed E-state index contributed by atoms with van der Waals surface area (Å²) in [6.45, 7) is 4.12. The molecule has 30 heavy (non-hydrogen) atoms. The fourth-order valence-electron chi connectivity index (χ4n) is 4.17. The summed E-state index contributed by atoms with van der Waals surface area (Å²) in [5.74, 6) is 0.628. The van der Waals surface area contributed by atoms with E-state index in [2.05, 4.69) is 9.97 Å². The van der Waals surface area contributed by atoms with Gasteiger partial charge in [-0.3, -0.25) is 9.69 Å². The first kappa shape index (κ1) is 20.9. The van der Waals surface area contributed by atoms with E-state index in [9.17, 15) is 17.6 Å². The Kier molecular flexibility index (Phi) is 5.36. The maximum Gasteiger partial charge on any atom is 0.243 e. The molecule has 160 valence electrons. The second-order valence-corrected chi connectivity index (χ2v) is 9.97. The van der Waals surface area contributed by atoms with Crippen LogP contribution in [0.2, 0.25) is 0 Å². The van der Waals surface area contributed by atoms with Gasteiger partial charge in [0.15, 0.2) is 0 Å². The molecule has 0 aliphatic carbocycles. The van der Waals surface area contributed by atoms with E-state index in [1.54, 1.807) is 18.9 Å². The molecule has 7 nitrogen and oxygen atoms in total. The highest BCUT2D eigenvalue weighted by Gasteiger charge is 2.34. The SMILES string of the molecule is Cc1cc(S(=O)(=O)N2CCC[C@@H](c3nc(C)c4c(n3)N(C)C(=O)CC4)C2)ccc1F. The molecule has 0 radical (unpaired) electrons. The number of sulfonamides is 1. The summed E-state index contributed by atoms with van der Waals surface area (Å²) in [6.07, 6.45) is 2.52. The predicted molar refractivity (Wildman–Crippen MR) is 110 cm³/mol. The van der Waals surface area contributed by atoms with Gasteiger partial charge in [0, 0.05) is 43.7 Å². The van der Waals surface area contributed by atoms with Crippen LogP contribution in [0.15, 0.2) is 23.1 Å². The second-order valence-electron chi connectivity index (χ2n) is 8.04. The Labute approximate surface area is 176 Å². The number of amides is 1. The Morgan fingerprint density at radius 1 is 1.17 bits per heavy atom. The van der Waals surface area contributed by atoms with Gasteiger partial charge in [0.2, 0.25) is 15.9 Å². The highest BCUT2D eigenvalue weighted by molar-refractivity contribution is 7.89. The van der Waals surface area contributed by atoms with Gasteiger partial charge in [0.1, 0.15) is 17.5 Å². The largest absolute Gasteiger partial charge is 0.300 e. The summed E-state index contributed by atoms with van der Waals surface area (Å²) >= 11 is 0. The number of hydrogen-bond acceptors (Lipinski definition) is 5. The molecule has 1 saturated heterocycles. The second kappa shape index (κ2) is 7.70. The van der Waals surface area contributed by atoms with Gasteiger partial charge in [0.25, 0.3) is 0 Å². The molecule has 2 aromatic rings. The molecule has 0 N–H and O–H groups in total.